The molecule has 7 heteroatoms. The number of benzene rings is 1. The summed E-state index contributed by atoms with van der Waals surface area (Å²) in [6.07, 6.45) is 0. The molecule has 1 atom stereocenters. The van der Waals surface area contributed by atoms with Crippen molar-refractivity contribution < 1.29 is 18.1 Å². The van der Waals surface area contributed by atoms with Crippen LogP contribution in [0.5, 0.6) is 5.75 Å². The molecule has 1 aliphatic rings. The second-order valence-corrected chi connectivity index (χ2v) is 7.85. The molecule has 0 N–H and O–H groups in total. The van der Waals surface area contributed by atoms with Crippen molar-refractivity contribution in [3.05, 3.63) is 50.4 Å². The lowest BCUT2D eigenvalue weighted by Gasteiger charge is -2.20. The Morgan fingerprint density at radius 1 is 1.33 bits per heavy atom. The fourth-order valence-electron chi connectivity index (χ4n) is 2.18. The van der Waals surface area contributed by atoms with Crippen molar-refractivity contribution in [3.8, 4) is 5.75 Å². The smallest absolute Gasteiger partial charge is 0.189 e. The summed E-state index contributed by atoms with van der Waals surface area (Å²) in [5, 5.41) is 0. The van der Waals surface area contributed by atoms with Crippen molar-refractivity contribution >= 4 is 33.7 Å². The molecule has 1 aliphatic heterocycles. The topological polar surface area (TPSA) is 35.5 Å². The lowest BCUT2D eigenvalue weighted by atomic mass is 10.1. The third-order valence-electron chi connectivity index (χ3n) is 3.00. The number of rotatable bonds is 4. The molecule has 112 valence electrons. The van der Waals surface area contributed by atoms with Gasteiger partial charge in [0.05, 0.1) is 22.4 Å². The highest BCUT2D eigenvalue weighted by Crippen LogP contribution is 2.31. The van der Waals surface area contributed by atoms with Crippen LogP contribution >= 0.6 is 22.9 Å². The standard InChI is InChI=1S/C14H12ClFO3S2/c15-13-2-1-12(20-13)7-21(17)6-10-4-11(16)3-9-5-18-8-19-14(9)10/h1-4H,5-8H2/t21-/m1/s1. The van der Waals surface area contributed by atoms with Gasteiger partial charge in [-0.2, -0.15) is 0 Å². The minimum Gasteiger partial charge on any atom is -0.467 e. The first-order chi connectivity index (χ1) is 10.1. The maximum absolute atomic E-state index is 13.6. The third-order valence-corrected chi connectivity index (χ3v) is 5.68. The molecule has 21 heavy (non-hydrogen) atoms. The molecule has 0 bridgehead atoms. The predicted octanol–water partition coefficient (Wildman–Crippen LogP) is 3.86. The first-order valence-corrected chi connectivity index (χ1v) is 8.91. The molecule has 0 saturated heterocycles. The van der Waals surface area contributed by atoms with Crippen molar-refractivity contribution in [3.63, 3.8) is 0 Å². The van der Waals surface area contributed by atoms with Crippen LogP contribution in [-0.2, 0) is 33.6 Å². The SMILES string of the molecule is O=[S@@](Cc1ccc(Cl)s1)Cc1cc(F)cc2c1OCOC2. The van der Waals surface area contributed by atoms with Crippen LogP contribution < -0.4 is 4.74 Å². The molecular formula is C14H12ClFO3S2. The maximum Gasteiger partial charge on any atom is 0.189 e. The van der Waals surface area contributed by atoms with Gasteiger partial charge in [-0.05, 0) is 24.3 Å². The molecule has 2 aromatic rings. The predicted molar refractivity (Wildman–Crippen MR) is 81.6 cm³/mol. The van der Waals surface area contributed by atoms with E-state index in [9.17, 15) is 8.60 Å². The van der Waals surface area contributed by atoms with E-state index in [-0.39, 0.29) is 18.4 Å². The molecule has 1 aromatic heterocycles. The van der Waals surface area contributed by atoms with E-state index in [1.54, 1.807) is 6.07 Å². The van der Waals surface area contributed by atoms with Gasteiger partial charge in [-0.25, -0.2) is 4.39 Å². The van der Waals surface area contributed by atoms with Crippen LogP contribution in [0.1, 0.15) is 16.0 Å². The summed E-state index contributed by atoms with van der Waals surface area (Å²) < 4.78 is 37.1. The second kappa shape index (κ2) is 6.44. The fraction of sp³-hybridized carbons (Fsp3) is 0.286. The highest BCUT2D eigenvalue weighted by molar-refractivity contribution is 7.83. The van der Waals surface area contributed by atoms with E-state index in [1.807, 2.05) is 6.07 Å². The summed E-state index contributed by atoms with van der Waals surface area (Å²) in [6, 6.07) is 6.41. The van der Waals surface area contributed by atoms with Gasteiger partial charge < -0.3 is 9.47 Å². The number of ether oxygens (including phenoxy) is 2. The van der Waals surface area contributed by atoms with E-state index in [2.05, 4.69) is 0 Å². The maximum atomic E-state index is 13.6. The molecule has 1 aromatic carbocycles. The summed E-state index contributed by atoms with van der Waals surface area (Å²) in [5.41, 5.74) is 1.28. The van der Waals surface area contributed by atoms with Gasteiger partial charge in [0.1, 0.15) is 11.6 Å². The Hall–Kier alpha value is -0.950. The van der Waals surface area contributed by atoms with E-state index in [0.29, 0.717) is 33.6 Å². The van der Waals surface area contributed by atoms with Gasteiger partial charge in [0.2, 0.25) is 0 Å². The van der Waals surface area contributed by atoms with E-state index in [1.165, 1.54) is 23.5 Å². The van der Waals surface area contributed by atoms with Crippen LogP contribution in [0.15, 0.2) is 24.3 Å². The number of hydrogen-bond donors (Lipinski definition) is 0. The fourth-order valence-corrected chi connectivity index (χ4v) is 4.77. The van der Waals surface area contributed by atoms with E-state index >= 15 is 0 Å². The second-order valence-electron chi connectivity index (χ2n) is 4.60. The number of fused-ring (bicyclic) bond motifs is 1. The molecule has 0 unspecified atom stereocenters. The van der Waals surface area contributed by atoms with Gasteiger partial charge in [-0.15, -0.1) is 11.3 Å². The van der Waals surface area contributed by atoms with Gasteiger partial charge in [-0.3, -0.25) is 4.21 Å². The zero-order chi connectivity index (χ0) is 14.8. The normalized spacial score (nSPS) is 15.3. The zero-order valence-electron chi connectivity index (χ0n) is 10.9. The molecule has 3 nitrogen and oxygen atoms in total. The summed E-state index contributed by atoms with van der Waals surface area (Å²) >= 11 is 7.26. The van der Waals surface area contributed by atoms with Crippen molar-refractivity contribution in [2.45, 2.75) is 18.1 Å². The highest BCUT2D eigenvalue weighted by atomic mass is 35.5. The molecular weight excluding hydrogens is 335 g/mol. The molecule has 0 fully saturated rings. The van der Waals surface area contributed by atoms with Crippen molar-refractivity contribution in [2.24, 2.45) is 0 Å². The Morgan fingerprint density at radius 2 is 2.19 bits per heavy atom. The first kappa shape index (κ1) is 15.0. The minimum absolute atomic E-state index is 0.138. The third kappa shape index (κ3) is 3.63. The molecule has 0 radical (unpaired) electrons. The lowest BCUT2D eigenvalue weighted by molar-refractivity contribution is -0.0171. The van der Waals surface area contributed by atoms with Crippen molar-refractivity contribution in [1.29, 1.82) is 0 Å². The van der Waals surface area contributed by atoms with E-state index in [4.69, 9.17) is 21.1 Å². The lowest BCUT2D eigenvalue weighted by Crippen LogP contribution is -2.14. The molecule has 0 aliphatic carbocycles. The average molecular weight is 347 g/mol. The molecule has 0 spiro atoms. The quantitative estimate of drug-likeness (QED) is 0.843. The van der Waals surface area contributed by atoms with Crippen LogP contribution in [0, 0.1) is 5.82 Å². The minimum atomic E-state index is -1.15. The van der Waals surface area contributed by atoms with Gasteiger partial charge in [0.25, 0.3) is 0 Å². The van der Waals surface area contributed by atoms with Crippen molar-refractivity contribution in [2.75, 3.05) is 6.79 Å². The Balaban J connectivity index is 1.78. The average Bonchev–Trinajstić information content (AvgIpc) is 2.83. The Labute approximate surface area is 133 Å². The summed E-state index contributed by atoms with van der Waals surface area (Å²) in [7, 11) is -1.15. The zero-order valence-corrected chi connectivity index (χ0v) is 13.3. The van der Waals surface area contributed by atoms with Gasteiger partial charge in [-0.1, -0.05) is 11.6 Å². The van der Waals surface area contributed by atoms with E-state index in [0.717, 1.165) is 4.88 Å². The Kier molecular flexibility index (Phi) is 4.59. The first-order valence-electron chi connectivity index (χ1n) is 6.23. The van der Waals surface area contributed by atoms with Crippen LogP contribution in [0.4, 0.5) is 4.39 Å². The van der Waals surface area contributed by atoms with Crippen molar-refractivity contribution in [1.82, 2.24) is 0 Å². The van der Waals surface area contributed by atoms with E-state index < -0.39 is 10.8 Å². The number of halogens is 2. The number of thiophene rings is 1. The molecule has 3 rings (SSSR count). The Bertz CT molecular complexity index is 687. The molecule has 0 amide bonds. The van der Waals surface area contributed by atoms with Crippen LogP contribution in [-0.4, -0.2) is 11.0 Å². The largest absolute Gasteiger partial charge is 0.467 e. The number of hydrogen-bond acceptors (Lipinski definition) is 4. The molecule has 2 heterocycles. The summed E-state index contributed by atoms with van der Waals surface area (Å²) in [4.78, 5) is 0.952. The summed E-state index contributed by atoms with van der Waals surface area (Å²) in [5.74, 6) is 0.878. The van der Waals surface area contributed by atoms with Crippen LogP contribution in [0.25, 0.3) is 0 Å². The monoisotopic (exact) mass is 346 g/mol. The Morgan fingerprint density at radius 3 is 2.95 bits per heavy atom. The van der Waals surface area contributed by atoms with Gasteiger partial charge >= 0.3 is 0 Å². The van der Waals surface area contributed by atoms with Gasteiger partial charge in [0.15, 0.2) is 6.79 Å². The summed E-state index contributed by atoms with van der Waals surface area (Å²) in [6.45, 7) is 0.450. The highest BCUT2D eigenvalue weighted by Gasteiger charge is 2.18. The van der Waals surface area contributed by atoms with Crippen LogP contribution in [0.3, 0.4) is 0 Å². The van der Waals surface area contributed by atoms with Gasteiger partial charge in [0, 0.05) is 26.8 Å². The van der Waals surface area contributed by atoms with Crippen LogP contribution in [0.2, 0.25) is 4.34 Å². The molecule has 0 saturated carbocycles.